The average molecular weight is 325 g/mol. The Hall–Kier alpha value is -0.160. The summed E-state index contributed by atoms with van der Waals surface area (Å²) >= 11 is 3.36. The van der Waals surface area contributed by atoms with E-state index in [2.05, 4.69) is 15.9 Å². The fourth-order valence-electron chi connectivity index (χ4n) is 2.14. The first-order valence-electron chi connectivity index (χ1n) is 5.47. The number of hydrogen-bond donors (Lipinski definition) is 1. The highest BCUT2D eigenvalue weighted by Crippen LogP contribution is 2.33. The highest BCUT2D eigenvalue weighted by molar-refractivity contribution is 9.10. The molecule has 0 amide bonds. The van der Waals surface area contributed by atoms with Crippen LogP contribution in [-0.4, -0.2) is 13.2 Å². The van der Waals surface area contributed by atoms with E-state index in [0.29, 0.717) is 11.5 Å². The molecule has 0 radical (unpaired) electrons. The van der Waals surface area contributed by atoms with Crippen LogP contribution >= 0.6 is 28.3 Å². The van der Waals surface area contributed by atoms with Crippen LogP contribution < -0.4 is 5.73 Å². The molecule has 0 spiro atoms. The summed E-state index contributed by atoms with van der Waals surface area (Å²) < 4.78 is 19.8. The molecule has 5 heteroatoms. The standard InChI is InChI=1S/C12H15BrFNO.ClH/c13-9-2-1-3-10(14)11(9)12(15)8-4-6-16-7-5-8;/h1-3,8,12H,4-7,15H2;1H/t12-;/m0./s1. The average Bonchev–Trinajstić information content (AvgIpc) is 2.30. The Balaban J connectivity index is 0.00000144. The van der Waals surface area contributed by atoms with Crippen molar-refractivity contribution < 1.29 is 9.13 Å². The summed E-state index contributed by atoms with van der Waals surface area (Å²) in [6.07, 6.45) is 1.81. The number of benzene rings is 1. The minimum Gasteiger partial charge on any atom is -0.381 e. The van der Waals surface area contributed by atoms with E-state index in [1.54, 1.807) is 6.07 Å². The van der Waals surface area contributed by atoms with E-state index in [4.69, 9.17) is 10.5 Å². The highest BCUT2D eigenvalue weighted by Gasteiger charge is 2.25. The monoisotopic (exact) mass is 323 g/mol. The van der Waals surface area contributed by atoms with Gasteiger partial charge >= 0.3 is 0 Å². The Bertz CT molecular complexity index is 351. The Morgan fingerprint density at radius 3 is 2.59 bits per heavy atom. The Morgan fingerprint density at radius 2 is 2.00 bits per heavy atom. The molecule has 2 rings (SSSR count). The summed E-state index contributed by atoms with van der Waals surface area (Å²) in [7, 11) is 0. The SMILES string of the molecule is Cl.N[C@H](c1c(F)cccc1Br)C1CCOCC1. The van der Waals surface area contributed by atoms with E-state index in [1.165, 1.54) is 6.07 Å². The van der Waals surface area contributed by atoms with E-state index in [1.807, 2.05) is 6.07 Å². The molecule has 2 N–H and O–H groups in total. The Labute approximate surface area is 115 Å². The van der Waals surface area contributed by atoms with Gasteiger partial charge in [-0.05, 0) is 30.9 Å². The van der Waals surface area contributed by atoms with Crippen molar-refractivity contribution in [3.8, 4) is 0 Å². The molecule has 96 valence electrons. The van der Waals surface area contributed by atoms with Crippen molar-refractivity contribution >= 4 is 28.3 Å². The second kappa shape index (κ2) is 6.69. The van der Waals surface area contributed by atoms with Gasteiger partial charge in [-0.2, -0.15) is 0 Å². The molecule has 1 atom stereocenters. The predicted molar refractivity (Wildman–Crippen MR) is 71.8 cm³/mol. The molecule has 0 bridgehead atoms. The van der Waals surface area contributed by atoms with Crippen LogP contribution in [0.4, 0.5) is 4.39 Å². The maximum Gasteiger partial charge on any atom is 0.129 e. The van der Waals surface area contributed by atoms with Gasteiger partial charge in [0.05, 0.1) is 0 Å². The minimum absolute atomic E-state index is 0. The summed E-state index contributed by atoms with van der Waals surface area (Å²) in [5.41, 5.74) is 6.74. The third-order valence-corrected chi connectivity index (χ3v) is 3.80. The first-order valence-corrected chi connectivity index (χ1v) is 6.26. The number of nitrogens with two attached hydrogens (primary N) is 1. The number of halogens is 3. The van der Waals surface area contributed by atoms with Gasteiger partial charge in [0.15, 0.2) is 0 Å². The largest absolute Gasteiger partial charge is 0.381 e. The summed E-state index contributed by atoms with van der Waals surface area (Å²) in [5, 5.41) is 0. The molecular weight excluding hydrogens is 308 g/mol. The first kappa shape index (κ1) is 14.9. The van der Waals surface area contributed by atoms with Crippen LogP contribution in [0, 0.1) is 11.7 Å². The third kappa shape index (κ3) is 3.41. The van der Waals surface area contributed by atoms with E-state index >= 15 is 0 Å². The highest BCUT2D eigenvalue weighted by atomic mass is 79.9. The number of ether oxygens (including phenoxy) is 1. The van der Waals surface area contributed by atoms with Crippen LogP contribution in [0.25, 0.3) is 0 Å². The lowest BCUT2D eigenvalue weighted by atomic mass is 9.87. The fraction of sp³-hybridized carbons (Fsp3) is 0.500. The zero-order valence-electron chi connectivity index (χ0n) is 9.36. The predicted octanol–water partition coefficient (Wildman–Crippen LogP) is 3.44. The normalized spacial score (nSPS) is 18.5. The quantitative estimate of drug-likeness (QED) is 0.904. The van der Waals surface area contributed by atoms with Crippen LogP contribution in [0.15, 0.2) is 22.7 Å². The maximum atomic E-state index is 13.7. The summed E-state index contributed by atoms with van der Waals surface area (Å²) in [6, 6.07) is 4.72. The van der Waals surface area contributed by atoms with Gasteiger partial charge < -0.3 is 10.5 Å². The van der Waals surface area contributed by atoms with E-state index < -0.39 is 0 Å². The van der Waals surface area contributed by atoms with Gasteiger partial charge in [0.1, 0.15) is 5.82 Å². The molecule has 1 saturated heterocycles. The molecule has 1 fully saturated rings. The lowest BCUT2D eigenvalue weighted by molar-refractivity contribution is 0.0579. The van der Waals surface area contributed by atoms with Crippen molar-refractivity contribution in [3.05, 3.63) is 34.1 Å². The van der Waals surface area contributed by atoms with Gasteiger partial charge in [0, 0.05) is 29.3 Å². The van der Waals surface area contributed by atoms with Crippen LogP contribution in [0.3, 0.4) is 0 Å². The zero-order valence-corrected chi connectivity index (χ0v) is 11.8. The van der Waals surface area contributed by atoms with Crippen LogP contribution in [0.5, 0.6) is 0 Å². The van der Waals surface area contributed by atoms with E-state index in [-0.39, 0.29) is 24.3 Å². The molecule has 0 aromatic heterocycles. The fourth-order valence-corrected chi connectivity index (χ4v) is 2.75. The van der Waals surface area contributed by atoms with Crippen molar-refractivity contribution in [1.82, 2.24) is 0 Å². The third-order valence-electron chi connectivity index (χ3n) is 3.11. The van der Waals surface area contributed by atoms with Gasteiger partial charge in [-0.25, -0.2) is 4.39 Å². The smallest absolute Gasteiger partial charge is 0.129 e. The molecule has 1 aliphatic heterocycles. The molecule has 2 nitrogen and oxygen atoms in total. The first-order chi connectivity index (χ1) is 7.70. The summed E-state index contributed by atoms with van der Waals surface area (Å²) in [5.74, 6) is 0.0790. The molecule has 1 aromatic carbocycles. The van der Waals surface area contributed by atoms with Gasteiger partial charge in [-0.1, -0.05) is 22.0 Å². The van der Waals surface area contributed by atoms with Crippen molar-refractivity contribution in [2.75, 3.05) is 13.2 Å². The summed E-state index contributed by atoms with van der Waals surface area (Å²) in [4.78, 5) is 0. The zero-order chi connectivity index (χ0) is 11.5. The molecular formula is C12H16BrClFNO. The molecule has 17 heavy (non-hydrogen) atoms. The van der Waals surface area contributed by atoms with E-state index in [9.17, 15) is 4.39 Å². The second-order valence-corrected chi connectivity index (χ2v) is 4.97. The van der Waals surface area contributed by atoms with Crippen molar-refractivity contribution in [1.29, 1.82) is 0 Å². The molecule has 0 unspecified atom stereocenters. The topological polar surface area (TPSA) is 35.2 Å². The lowest BCUT2D eigenvalue weighted by Gasteiger charge is -2.28. The van der Waals surface area contributed by atoms with E-state index in [0.717, 1.165) is 30.5 Å². The van der Waals surface area contributed by atoms with Gasteiger partial charge in [0.25, 0.3) is 0 Å². The van der Waals surface area contributed by atoms with Gasteiger partial charge in [0.2, 0.25) is 0 Å². The summed E-state index contributed by atoms with van der Waals surface area (Å²) in [6.45, 7) is 1.45. The number of hydrogen-bond acceptors (Lipinski definition) is 2. The minimum atomic E-state index is -0.250. The molecule has 0 aliphatic carbocycles. The van der Waals surface area contributed by atoms with Crippen molar-refractivity contribution in [2.45, 2.75) is 18.9 Å². The molecule has 1 aliphatic rings. The van der Waals surface area contributed by atoms with Crippen LogP contribution in [0.1, 0.15) is 24.4 Å². The van der Waals surface area contributed by atoms with Crippen LogP contribution in [-0.2, 0) is 4.74 Å². The molecule has 1 heterocycles. The maximum absolute atomic E-state index is 13.7. The van der Waals surface area contributed by atoms with Crippen molar-refractivity contribution in [3.63, 3.8) is 0 Å². The second-order valence-electron chi connectivity index (χ2n) is 4.11. The van der Waals surface area contributed by atoms with Gasteiger partial charge in [-0.3, -0.25) is 0 Å². The Kier molecular flexibility index (Phi) is 5.86. The molecule has 0 saturated carbocycles. The van der Waals surface area contributed by atoms with Gasteiger partial charge in [-0.15, -0.1) is 12.4 Å². The van der Waals surface area contributed by atoms with Crippen molar-refractivity contribution in [2.24, 2.45) is 11.7 Å². The lowest BCUT2D eigenvalue weighted by Crippen LogP contribution is -2.28. The molecule has 1 aromatic rings. The van der Waals surface area contributed by atoms with Crippen LogP contribution in [0.2, 0.25) is 0 Å². The Morgan fingerprint density at radius 1 is 1.35 bits per heavy atom. The number of rotatable bonds is 2.